The topological polar surface area (TPSA) is 65.1 Å². The maximum atomic E-state index is 14.6. The first-order valence-electron chi connectivity index (χ1n) is 12.0. The average molecular weight is 526 g/mol. The van der Waals surface area contributed by atoms with Crippen LogP contribution < -0.4 is 16.1 Å². The van der Waals surface area contributed by atoms with Crippen LogP contribution in [-0.4, -0.2) is 31.8 Å². The van der Waals surface area contributed by atoms with Gasteiger partial charge in [0.05, 0.1) is 6.54 Å². The quantitative estimate of drug-likeness (QED) is 0.394. The van der Waals surface area contributed by atoms with Gasteiger partial charge in [-0.15, -0.1) is 0 Å². The summed E-state index contributed by atoms with van der Waals surface area (Å²) in [5.41, 5.74) is 1.93. The maximum Gasteiger partial charge on any atom is 0.332 e. The van der Waals surface area contributed by atoms with E-state index in [2.05, 4.69) is 11.0 Å². The van der Waals surface area contributed by atoms with Crippen LogP contribution in [0.4, 0.5) is 14.7 Å². The summed E-state index contributed by atoms with van der Waals surface area (Å²) in [6, 6.07) is 11.0. The van der Waals surface area contributed by atoms with E-state index >= 15 is 0 Å². The highest BCUT2D eigenvalue weighted by Gasteiger charge is 2.25. The van der Waals surface area contributed by atoms with Crippen LogP contribution in [-0.2, 0) is 20.6 Å². The second-order valence-electron chi connectivity index (χ2n) is 9.31. The minimum Gasteiger partial charge on any atom is -0.342 e. The first-order valence-corrected chi connectivity index (χ1v) is 12.4. The van der Waals surface area contributed by atoms with Crippen LogP contribution in [0.3, 0.4) is 0 Å². The molecule has 10 heteroatoms. The van der Waals surface area contributed by atoms with Gasteiger partial charge in [0.25, 0.3) is 5.56 Å². The number of hydrogen-bond donors (Lipinski definition) is 0. The Labute approximate surface area is 216 Å². The number of rotatable bonds is 4. The van der Waals surface area contributed by atoms with Crippen molar-refractivity contribution in [3.63, 3.8) is 0 Å². The highest BCUT2D eigenvalue weighted by Crippen LogP contribution is 2.27. The summed E-state index contributed by atoms with van der Waals surface area (Å²) in [6.45, 7) is 1.25. The van der Waals surface area contributed by atoms with Crippen molar-refractivity contribution in [2.75, 3.05) is 18.0 Å². The summed E-state index contributed by atoms with van der Waals surface area (Å²) in [5.74, 6) is -0.917. The molecule has 3 heterocycles. The lowest BCUT2D eigenvalue weighted by Crippen LogP contribution is -2.37. The molecule has 4 aromatic rings. The summed E-state index contributed by atoms with van der Waals surface area (Å²) < 4.78 is 32.2. The molecule has 37 heavy (non-hydrogen) atoms. The van der Waals surface area contributed by atoms with E-state index in [0.29, 0.717) is 24.1 Å². The number of aryl methyl sites for hydroxylation is 1. The first-order chi connectivity index (χ1) is 17.7. The third-order valence-corrected chi connectivity index (χ3v) is 7.04. The smallest absolute Gasteiger partial charge is 0.332 e. The van der Waals surface area contributed by atoms with Gasteiger partial charge < -0.3 is 4.90 Å². The van der Waals surface area contributed by atoms with Gasteiger partial charge in [0, 0.05) is 43.8 Å². The molecule has 5 rings (SSSR count). The number of halogens is 3. The number of benzene rings is 2. The van der Waals surface area contributed by atoms with E-state index in [-0.39, 0.29) is 23.3 Å². The van der Waals surface area contributed by atoms with Gasteiger partial charge in [0.2, 0.25) is 5.95 Å². The van der Waals surface area contributed by atoms with Crippen LogP contribution in [0.15, 0.2) is 57.6 Å². The standard InChI is InChI=1S/C27H26ClF2N5O2/c1-32-24-23(25(36)33(2)27(32)37)35(16-19-8-9-21(29)15-22(19)30)26(31-24)34-11-4-6-17(10-12-34)13-18-5-3-7-20(28)14-18/h3,5,7-9,13-15H,4,6,10-12,16H2,1-2H3/b17-13-. The monoisotopic (exact) mass is 525 g/mol. The van der Waals surface area contributed by atoms with Gasteiger partial charge in [-0.1, -0.05) is 41.4 Å². The maximum absolute atomic E-state index is 14.6. The van der Waals surface area contributed by atoms with Crippen molar-refractivity contribution in [2.45, 2.75) is 25.8 Å². The Kier molecular flexibility index (Phi) is 6.72. The van der Waals surface area contributed by atoms with Gasteiger partial charge in [-0.05, 0) is 43.0 Å². The molecule has 0 spiro atoms. The Morgan fingerprint density at radius 1 is 1.03 bits per heavy atom. The third-order valence-electron chi connectivity index (χ3n) is 6.80. The molecule has 7 nitrogen and oxygen atoms in total. The summed E-state index contributed by atoms with van der Waals surface area (Å²) in [4.78, 5) is 32.6. The number of imidazole rings is 1. The van der Waals surface area contributed by atoms with Crippen molar-refractivity contribution in [1.82, 2.24) is 18.7 Å². The zero-order valence-corrected chi connectivity index (χ0v) is 21.3. The van der Waals surface area contributed by atoms with Gasteiger partial charge in [-0.2, -0.15) is 4.98 Å². The van der Waals surface area contributed by atoms with Crippen LogP contribution in [0, 0.1) is 11.6 Å². The van der Waals surface area contributed by atoms with Crippen LogP contribution in [0.25, 0.3) is 17.2 Å². The fourth-order valence-electron chi connectivity index (χ4n) is 4.84. The predicted molar refractivity (Wildman–Crippen MR) is 141 cm³/mol. The molecule has 1 aliphatic rings. The number of hydrogen-bond acceptors (Lipinski definition) is 4. The van der Waals surface area contributed by atoms with E-state index in [1.54, 1.807) is 11.6 Å². The van der Waals surface area contributed by atoms with Crippen molar-refractivity contribution >= 4 is 34.8 Å². The Hall–Kier alpha value is -3.72. The molecule has 0 atom stereocenters. The summed E-state index contributed by atoms with van der Waals surface area (Å²) in [6.07, 6.45) is 4.64. The molecule has 0 radical (unpaired) electrons. The summed E-state index contributed by atoms with van der Waals surface area (Å²) >= 11 is 6.14. The molecule has 2 aromatic carbocycles. The molecule has 0 bridgehead atoms. The molecule has 192 valence electrons. The molecule has 0 aliphatic carbocycles. The Bertz CT molecular complexity index is 1650. The van der Waals surface area contributed by atoms with E-state index in [1.165, 1.54) is 29.3 Å². The highest BCUT2D eigenvalue weighted by atomic mass is 35.5. The normalized spacial score (nSPS) is 15.5. The fraction of sp³-hybridized carbons (Fsp3) is 0.296. The van der Waals surface area contributed by atoms with E-state index in [4.69, 9.17) is 16.6 Å². The van der Waals surface area contributed by atoms with Gasteiger partial charge in [0.1, 0.15) is 11.6 Å². The van der Waals surface area contributed by atoms with E-state index in [0.717, 1.165) is 35.5 Å². The zero-order chi connectivity index (χ0) is 26.3. The van der Waals surface area contributed by atoms with Crippen molar-refractivity contribution in [1.29, 1.82) is 0 Å². The third kappa shape index (κ3) is 4.83. The molecule has 0 unspecified atom stereocenters. The van der Waals surface area contributed by atoms with Gasteiger partial charge in [-0.3, -0.25) is 18.5 Å². The molecular weight excluding hydrogens is 500 g/mol. The van der Waals surface area contributed by atoms with E-state index in [9.17, 15) is 18.4 Å². The van der Waals surface area contributed by atoms with Crippen molar-refractivity contribution in [3.05, 3.63) is 96.7 Å². The minimum absolute atomic E-state index is 0.0346. The Morgan fingerprint density at radius 2 is 1.84 bits per heavy atom. The number of fused-ring (bicyclic) bond motifs is 1. The van der Waals surface area contributed by atoms with E-state index in [1.807, 2.05) is 24.3 Å². The second kappa shape index (κ2) is 9.97. The largest absolute Gasteiger partial charge is 0.342 e. The van der Waals surface area contributed by atoms with Crippen molar-refractivity contribution < 1.29 is 8.78 Å². The number of aromatic nitrogens is 4. The first kappa shape index (κ1) is 25.0. The Balaban J connectivity index is 1.58. The fourth-order valence-corrected chi connectivity index (χ4v) is 5.03. The molecule has 1 fully saturated rings. The second-order valence-corrected chi connectivity index (χ2v) is 9.75. The van der Waals surface area contributed by atoms with Gasteiger partial charge >= 0.3 is 5.69 Å². The number of nitrogens with zero attached hydrogens (tertiary/aromatic N) is 5. The summed E-state index contributed by atoms with van der Waals surface area (Å²) in [7, 11) is 2.95. The number of anilines is 1. The molecule has 1 saturated heterocycles. The highest BCUT2D eigenvalue weighted by molar-refractivity contribution is 6.30. The van der Waals surface area contributed by atoms with Crippen LogP contribution >= 0.6 is 11.6 Å². The molecule has 1 aliphatic heterocycles. The molecule has 0 saturated carbocycles. The lowest BCUT2D eigenvalue weighted by atomic mass is 10.0. The lowest BCUT2D eigenvalue weighted by Gasteiger charge is -2.22. The molecule has 0 amide bonds. The van der Waals surface area contributed by atoms with E-state index < -0.39 is 22.9 Å². The minimum atomic E-state index is -0.711. The van der Waals surface area contributed by atoms with Crippen LogP contribution in [0.2, 0.25) is 5.02 Å². The Morgan fingerprint density at radius 3 is 2.59 bits per heavy atom. The van der Waals surface area contributed by atoms with Gasteiger partial charge in [0.15, 0.2) is 11.2 Å². The van der Waals surface area contributed by atoms with Crippen molar-refractivity contribution in [3.8, 4) is 0 Å². The van der Waals surface area contributed by atoms with Crippen LogP contribution in [0.5, 0.6) is 0 Å². The molecule has 0 N–H and O–H groups in total. The average Bonchev–Trinajstić information content (AvgIpc) is 3.08. The lowest BCUT2D eigenvalue weighted by molar-refractivity contribution is 0.566. The zero-order valence-electron chi connectivity index (χ0n) is 20.5. The molecular formula is C27H26ClF2N5O2. The van der Waals surface area contributed by atoms with Crippen LogP contribution in [0.1, 0.15) is 30.4 Å². The SMILES string of the molecule is Cn1c(=O)c2c(nc(N3CCC/C(=C/c4cccc(Cl)c4)CC3)n2Cc2ccc(F)cc2F)n(C)c1=O. The predicted octanol–water partition coefficient (Wildman–Crippen LogP) is 4.49. The van der Waals surface area contributed by atoms with Crippen molar-refractivity contribution in [2.24, 2.45) is 14.1 Å². The summed E-state index contributed by atoms with van der Waals surface area (Å²) in [5, 5.41) is 0.679. The molecule has 2 aromatic heterocycles. The van der Waals surface area contributed by atoms with Gasteiger partial charge in [-0.25, -0.2) is 13.6 Å².